The molecule has 0 atom stereocenters. The van der Waals surface area contributed by atoms with Crippen LogP contribution in [0.25, 0.3) is 64.6 Å². The van der Waals surface area contributed by atoms with Crippen molar-refractivity contribution >= 4 is 60.2 Å². The van der Waals surface area contributed by atoms with E-state index >= 15 is 0 Å². The van der Waals surface area contributed by atoms with Gasteiger partial charge < -0.3 is 4.90 Å². The maximum Gasteiger partial charge on any atom is 0.124 e. The average molecular weight is 631 g/mol. The minimum Gasteiger partial charge on any atom is -0.311 e. The molecule has 0 aliphatic heterocycles. The van der Waals surface area contributed by atoms with Crippen LogP contribution >= 0.6 is 11.3 Å². The molecule has 0 aliphatic rings. The van der Waals surface area contributed by atoms with Crippen molar-refractivity contribution in [3.05, 3.63) is 182 Å². The Balaban J connectivity index is 1.23. The number of anilines is 3. The molecular weight excluding hydrogens is 601 g/mol. The third-order valence-corrected chi connectivity index (χ3v) is 10.2. The number of hydrogen-bond acceptors (Lipinski definition) is 3. The van der Waals surface area contributed by atoms with Gasteiger partial charge >= 0.3 is 0 Å². The quantitative estimate of drug-likeness (QED) is 0.170. The molecule has 0 bridgehead atoms. The predicted molar refractivity (Wildman–Crippen MR) is 206 cm³/mol. The Morgan fingerprint density at radius 1 is 0.375 bits per heavy atom. The molecule has 2 nitrogen and oxygen atoms in total. The number of aromatic nitrogens is 1. The standard InChI is InChI=1S/C45H30N2S/c1-5-15-31(16-6-1)39-29-41-37-23-13-14-24-38(37)44-43(42(41)30-40(39)32-17-7-2-8-18-32)46-45(48-44)33-25-27-36(28-26-33)47(34-19-9-3-10-20-34)35-21-11-4-12-22-35/h1-30H. The summed E-state index contributed by atoms with van der Waals surface area (Å²) in [5, 5.41) is 5.93. The lowest BCUT2D eigenvalue weighted by atomic mass is 9.89. The SMILES string of the molecule is c1ccc(-c2cc3c4ccccc4c4sc(-c5ccc(N(c6ccccc6)c6ccccc6)cc5)nc4c3cc2-c2ccccc2)cc1. The van der Waals surface area contributed by atoms with E-state index in [-0.39, 0.29) is 0 Å². The molecule has 3 heteroatoms. The number of thiazole rings is 1. The summed E-state index contributed by atoms with van der Waals surface area (Å²) in [6.07, 6.45) is 0. The summed E-state index contributed by atoms with van der Waals surface area (Å²) in [6, 6.07) is 64.8. The zero-order valence-electron chi connectivity index (χ0n) is 26.1. The lowest BCUT2D eigenvalue weighted by Gasteiger charge is -2.25. The maximum absolute atomic E-state index is 5.39. The Labute approximate surface area is 283 Å². The first-order valence-corrected chi connectivity index (χ1v) is 17.0. The molecule has 0 fully saturated rings. The molecule has 1 heterocycles. The van der Waals surface area contributed by atoms with Gasteiger partial charge in [0.1, 0.15) is 5.01 Å². The topological polar surface area (TPSA) is 16.1 Å². The molecule has 0 N–H and O–H groups in total. The van der Waals surface area contributed by atoms with E-state index in [4.69, 9.17) is 4.98 Å². The summed E-state index contributed by atoms with van der Waals surface area (Å²) in [6.45, 7) is 0. The highest BCUT2D eigenvalue weighted by Gasteiger charge is 2.19. The van der Waals surface area contributed by atoms with E-state index in [1.165, 1.54) is 48.5 Å². The highest BCUT2D eigenvalue weighted by molar-refractivity contribution is 7.22. The molecule has 0 saturated heterocycles. The van der Waals surface area contributed by atoms with Crippen molar-refractivity contribution in [2.24, 2.45) is 0 Å². The summed E-state index contributed by atoms with van der Waals surface area (Å²) in [5.41, 5.74) is 10.4. The number of fused-ring (bicyclic) bond motifs is 6. The van der Waals surface area contributed by atoms with Crippen LogP contribution < -0.4 is 4.90 Å². The zero-order chi connectivity index (χ0) is 31.9. The summed E-state index contributed by atoms with van der Waals surface area (Å²) in [5.74, 6) is 0. The van der Waals surface area contributed by atoms with Crippen molar-refractivity contribution in [2.75, 3.05) is 4.90 Å². The van der Waals surface area contributed by atoms with Gasteiger partial charge in [0.2, 0.25) is 0 Å². The van der Waals surface area contributed by atoms with E-state index < -0.39 is 0 Å². The van der Waals surface area contributed by atoms with E-state index in [9.17, 15) is 0 Å². The van der Waals surface area contributed by atoms with Gasteiger partial charge in [-0.15, -0.1) is 11.3 Å². The van der Waals surface area contributed by atoms with Crippen molar-refractivity contribution in [1.29, 1.82) is 0 Å². The number of para-hydroxylation sites is 2. The van der Waals surface area contributed by atoms with Crippen molar-refractivity contribution in [1.82, 2.24) is 4.98 Å². The van der Waals surface area contributed by atoms with Gasteiger partial charge in [0.25, 0.3) is 0 Å². The van der Waals surface area contributed by atoms with Crippen LogP contribution in [0.15, 0.2) is 182 Å². The summed E-state index contributed by atoms with van der Waals surface area (Å²) in [4.78, 5) is 7.68. The Morgan fingerprint density at radius 2 is 0.833 bits per heavy atom. The molecule has 8 aromatic carbocycles. The summed E-state index contributed by atoms with van der Waals surface area (Å²) in [7, 11) is 0. The minimum absolute atomic E-state index is 1.02. The van der Waals surface area contributed by atoms with Crippen molar-refractivity contribution in [3.8, 4) is 32.8 Å². The van der Waals surface area contributed by atoms with Gasteiger partial charge in [0.05, 0.1) is 10.2 Å². The molecule has 0 aliphatic carbocycles. The second kappa shape index (κ2) is 12.0. The van der Waals surface area contributed by atoms with E-state index in [1.54, 1.807) is 11.3 Å². The van der Waals surface area contributed by atoms with Gasteiger partial charge in [-0.25, -0.2) is 4.98 Å². The lowest BCUT2D eigenvalue weighted by molar-refractivity contribution is 1.28. The largest absolute Gasteiger partial charge is 0.311 e. The Morgan fingerprint density at radius 3 is 1.40 bits per heavy atom. The molecule has 9 rings (SSSR count). The first-order valence-electron chi connectivity index (χ1n) is 16.2. The summed E-state index contributed by atoms with van der Waals surface area (Å²) < 4.78 is 1.22. The van der Waals surface area contributed by atoms with E-state index in [0.717, 1.165) is 33.1 Å². The Kier molecular flexibility index (Phi) is 7.03. The van der Waals surface area contributed by atoms with Crippen LogP contribution in [0.3, 0.4) is 0 Å². The van der Waals surface area contributed by atoms with E-state index in [2.05, 4.69) is 187 Å². The van der Waals surface area contributed by atoms with Crippen LogP contribution in [0.1, 0.15) is 0 Å². The van der Waals surface area contributed by atoms with Gasteiger partial charge in [0, 0.05) is 33.4 Å². The fraction of sp³-hybridized carbons (Fsp3) is 0. The highest BCUT2D eigenvalue weighted by Crippen LogP contribution is 2.45. The third-order valence-electron chi connectivity index (χ3n) is 9.07. The van der Waals surface area contributed by atoms with E-state index in [0.29, 0.717) is 0 Å². The fourth-order valence-corrected chi connectivity index (χ4v) is 7.94. The van der Waals surface area contributed by atoms with Gasteiger partial charge in [0.15, 0.2) is 0 Å². The van der Waals surface area contributed by atoms with Crippen LogP contribution in [0.5, 0.6) is 0 Å². The molecule has 0 saturated carbocycles. The third kappa shape index (κ3) is 4.93. The highest BCUT2D eigenvalue weighted by atomic mass is 32.1. The van der Waals surface area contributed by atoms with Crippen LogP contribution in [-0.4, -0.2) is 4.98 Å². The van der Waals surface area contributed by atoms with E-state index in [1.807, 2.05) is 0 Å². The number of rotatable bonds is 6. The molecule has 9 aromatic rings. The molecule has 226 valence electrons. The van der Waals surface area contributed by atoms with Crippen molar-refractivity contribution < 1.29 is 0 Å². The van der Waals surface area contributed by atoms with Gasteiger partial charge in [-0.05, 0) is 93.7 Å². The predicted octanol–water partition coefficient (Wildman–Crippen LogP) is 13.1. The molecule has 0 unspecified atom stereocenters. The zero-order valence-corrected chi connectivity index (χ0v) is 26.9. The van der Waals surface area contributed by atoms with Crippen molar-refractivity contribution in [2.45, 2.75) is 0 Å². The van der Waals surface area contributed by atoms with Gasteiger partial charge in [-0.3, -0.25) is 0 Å². The second-order valence-corrected chi connectivity index (χ2v) is 13.0. The fourth-order valence-electron chi connectivity index (χ4n) is 6.81. The van der Waals surface area contributed by atoms with Crippen LogP contribution in [0.2, 0.25) is 0 Å². The lowest BCUT2D eigenvalue weighted by Crippen LogP contribution is -2.09. The monoisotopic (exact) mass is 630 g/mol. The molecule has 1 aromatic heterocycles. The average Bonchev–Trinajstić information content (AvgIpc) is 3.63. The van der Waals surface area contributed by atoms with Gasteiger partial charge in [-0.1, -0.05) is 121 Å². The Bertz CT molecular complexity index is 2480. The molecular formula is C45H30N2S. The molecule has 48 heavy (non-hydrogen) atoms. The molecule has 0 amide bonds. The smallest absolute Gasteiger partial charge is 0.124 e. The first-order chi connectivity index (χ1) is 23.8. The maximum atomic E-state index is 5.39. The minimum atomic E-state index is 1.02. The van der Waals surface area contributed by atoms with Crippen LogP contribution in [0.4, 0.5) is 17.1 Å². The van der Waals surface area contributed by atoms with Gasteiger partial charge in [-0.2, -0.15) is 0 Å². The number of benzene rings is 8. The van der Waals surface area contributed by atoms with Crippen LogP contribution in [0, 0.1) is 0 Å². The number of nitrogens with zero attached hydrogens (tertiary/aromatic N) is 2. The van der Waals surface area contributed by atoms with Crippen molar-refractivity contribution in [3.63, 3.8) is 0 Å². The van der Waals surface area contributed by atoms with Crippen LogP contribution in [-0.2, 0) is 0 Å². The normalized spacial score (nSPS) is 11.3. The number of hydrogen-bond donors (Lipinski definition) is 0. The molecule has 0 radical (unpaired) electrons. The Hall–Kier alpha value is -6.03. The first kappa shape index (κ1) is 28.2. The molecule has 0 spiro atoms. The second-order valence-electron chi connectivity index (χ2n) is 12.0. The summed E-state index contributed by atoms with van der Waals surface area (Å²) >= 11 is 1.78.